The van der Waals surface area contributed by atoms with Crippen molar-refractivity contribution in [3.8, 4) is 0 Å². The average molecular weight is 170 g/mol. The van der Waals surface area contributed by atoms with Crippen LogP contribution in [-0.4, -0.2) is 31.4 Å². The third kappa shape index (κ3) is 2.58. The summed E-state index contributed by atoms with van der Waals surface area (Å²) in [5.41, 5.74) is 0. The van der Waals surface area contributed by atoms with Crippen LogP contribution in [0, 0.1) is 0 Å². The van der Waals surface area contributed by atoms with Crippen molar-refractivity contribution in [3.63, 3.8) is 0 Å². The van der Waals surface area contributed by atoms with Crippen molar-refractivity contribution in [1.29, 1.82) is 0 Å². The Bertz CT molecular complexity index is 235. The van der Waals surface area contributed by atoms with Gasteiger partial charge in [0.05, 0.1) is 13.2 Å². The normalized spacial score (nSPS) is 13.2. The lowest BCUT2D eigenvalue weighted by Crippen LogP contribution is -2.06. The van der Waals surface area contributed by atoms with E-state index in [0.29, 0.717) is 18.7 Å². The Morgan fingerprint density at radius 2 is 2.33 bits per heavy atom. The monoisotopic (exact) mass is 170 g/mol. The highest BCUT2D eigenvalue weighted by Crippen LogP contribution is 2.01. The highest BCUT2D eigenvalue weighted by atomic mass is 16.3. The molecular weight excluding hydrogens is 156 g/mol. The van der Waals surface area contributed by atoms with E-state index in [9.17, 15) is 5.11 Å². The maximum absolute atomic E-state index is 9.24. The minimum atomic E-state index is -0.242. The van der Waals surface area contributed by atoms with Gasteiger partial charge in [-0.1, -0.05) is 6.92 Å². The SMILES string of the molecule is CCC(O)CCc1nnn(C)n1. The summed E-state index contributed by atoms with van der Waals surface area (Å²) in [6.45, 7) is 1.95. The molecule has 5 heteroatoms. The average Bonchev–Trinajstić information content (AvgIpc) is 2.47. The van der Waals surface area contributed by atoms with Crippen LogP contribution in [0.3, 0.4) is 0 Å². The molecule has 68 valence electrons. The number of hydrogen-bond acceptors (Lipinski definition) is 4. The Hall–Kier alpha value is -0.970. The molecule has 0 aliphatic rings. The maximum Gasteiger partial charge on any atom is 0.174 e. The first kappa shape index (κ1) is 9.12. The van der Waals surface area contributed by atoms with Crippen LogP contribution in [-0.2, 0) is 13.5 Å². The molecule has 0 amide bonds. The molecule has 1 aromatic heterocycles. The van der Waals surface area contributed by atoms with Crippen LogP contribution >= 0.6 is 0 Å². The van der Waals surface area contributed by atoms with E-state index in [4.69, 9.17) is 0 Å². The van der Waals surface area contributed by atoms with Gasteiger partial charge >= 0.3 is 0 Å². The van der Waals surface area contributed by atoms with Gasteiger partial charge < -0.3 is 5.11 Å². The van der Waals surface area contributed by atoms with Gasteiger partial charge in [0.1, 0.15) is 0 Å². The molecule has 0 bridgehead atoms. The van der Waals surface area contributed by atoms with E-state index in [1.54, 1.807) is 7.05 Å². The molecule has 1 N–H and O–H groups in total. The van der Waals surface area contributed by atoms with E-state index in [2.05, 4.69) is 15.4 Å². The zero-order valence-electron chi connectivity index (χ0n) is 7.43. The third-order valence-electron chi connectivity index (χ3n) is 1.72. The summed E-state index contributed by atoms with van der Waals surface area (Å²) in [5, 5.41) is 20.8. The maximum atomic E-state index is 9.24. The van der Waals surface area contributed by atoms with E-state index in [1.165, 1.54) is 4.80 Å². The Morgan fingerprint density at radius 1 is 1.58 bits per heavy atom. The molecular formula is C7H14N4O. The lowest BCUT2D eigenvalue weighted by molar-refractivity contribution is 0.160. The van der Waals surface area contributed by atoms with E-state index < -0.39 is 0 Å². The molecule has 1 rings (SSSR count). The van der Waals surface area contributed by atoms with Gasteiger partial charge in [-0.05, 0) is 18.1 Å². The van der Waals surface area contributed by atoms with Crippen molar-refractivity contribution in [1.82, 2.24) is 20.2 Å². The first-order valence-electron chi connectivity index (χ1n) is 4.13. The van der Waals surface area contributed by atoms with Crippen molar-refractivity contribution < 1.29 is 5.11 Å². The lowest BCUT2D eigenvalue weighted by atomic mass is 10.1. The van der Waals surface area contributed by atoms with Crippen molar-refractivity contribution in [3.05, 3.63) is 5.82 Å². The number of aryl methyl sites for hydroxylation is 2. The number of aliphatic hydroxyl groups is 1. The molecule has 1 aromatic rings. The molecule has 12 heavy (non-hydrogen) atoms. The van der Waals surface area contributed by atoms with Crippen LogP contribution in [0.5, 0.6) is 0 Å². The summed E-state index contributed by atoms with van der Waals surface area (Å²) in [6, 6.07) is 0. The molecule has 0 saturated carbocycles. The number of tetrazole rings is 1. The molecule has 0 spiro atoms. The molecule has 5 nitrogen and oxygen atoms in total. The lowest BCUT2D eigenvalue weighted by Gasteiger charge is -2.03. The van der Waals surface area contributed by atoms with E-state index >= 15 is 0 Å². The molecule has 0 saturated heterocycles. The van der Waals surface area contributed by atoms with Gasteiger partial charge in [0.25, 0.3) is 0 Å². The topological polar surface area (TPSA) is 63.8 Å². The highest BCUT2D eigenvalue weighted by molar-refractivity contribution is 4.77. The van der Waals surface area contributed by atoms with Crippen LogP contribution < -0.4 is 0 Å². The van der Waals surface area contributed by atoms with E-state index in [1.807, 2.05) is 6.92 Å². The highest BCUT2D eigenvalue weighted by Gasteiger charge is 2.04. The molecule has 0 fully saturated rings. The van der Waals surface area contributed by atoms with Crippen molar-refractivity contribution in [2.45, 2.75) is 32.3 Å². The molecule has 0 radical (unpaired) electrons. The van der Waals surface area contributed by atoms with Gasteiger partial charge in [-0.25, -0.2) is 0 Å². The molecule has 0 aliphatic carbocycles. The minimum absolute atomic E-state index is 0.242. The fraction of sp³-hybridized carbons (Fsp3) is 0.857. The predicted octanol–water partition coefficient (Wildman–Crippen LogP) is -0.0864. The quantitative estimate of drug-likeness (QED) is 0.686. The van der Waals surface area contributed by atoms with Gasteiger partial charge in [-0.2, -0.15) is 4.80 Å². The van der Waals surface area contributed by atoms with Crippen LogP contribution in [0.1, 0.15) is 25.6 Å². The zero-order chi connectivity index (χ0) is 8.97. The summed E-state index contributed by atoms with van der Waals surface area (Å²) in [6.07, 6.45) is 1.94. The standard InChI is InChI=1S/C7H14N4O/c1-3-6(12)4-5-7-8-10-11(2)9-7/h6,12H,3-5H2,1-2H3. The largest absolute Gasteiger partial charge is 0.393 e. The third-order valence-corrected chi connectivity index (χ3v) is 1.72. The van der Waals surface area contributed by atoms with Gasteiger partial charge in [-0.3, -0.25) is 0 Å². The zero-order valence-corrected chi connectivity index (χ0v) is 7.43. The molecule has 1 unspecified atom stereocenters. The van der Waals surface area contributed by atoms with Crippen LogP contribution in [0.2, 0.25) is 0 Å². The second-order valence-corrected chi connectivity index (χ2v) is 2.80. The number of aliphatic hydroxyl groups excluding tert-OH is 1. The van der Waals surface area contributed by atoms with Gasteiger partial charge in [0, 0.05) is 6.42 Å². The first-order valence-corrected chi connectivity index (χ1v) is 4.13. The smallest absolute Gasteiger partial charge is 0.174 e. The Labute approximate surface area is 71.4 Å². The summed E-state index contributed by atoms with van der Waals surface area (Å²) < 4.78 is 0. The first-order chi connectivity index (χ1) is 5.72. The van der Waals surface area contributed by atoms with E-state index in [-0.39, 0.29) is 6.10 Å². The second kappa shape index (κ2) is 4.15. The number of rotatable bonds is 4. The fourth-order valence-corrected chi connectivity index (χ4v) is 0.923. The Kier molecular flexibility index (Phi) is 3.16. The molecule has 1 heterocycles. The van der Waals surface area contributed by atoms with Crippen LogP contribution in [0.25, 0.3) is 0 Å². The number of hydrogen-bond donors (Lipinski definition) is 1. The number of aromatic nitrogens is 4. The second-order valence-electron chi connectivity index (χ2n) is 2.80. The summed E-state index contributed by atoms with van der Waals surface area (Å²) in [5.74, 6) is 0.699. The fourth-order valence-electron chi connectivity index (χ4n) is 0.923. The summed E-state index contributed by atoms with van der Waals surface area (Å²) in [4.78, 5) is 1.42. The van der Waals surface area contributed by atoms with Crippen molar-refractivity contribution in [2.24, 2.45) is 7.05 Å². The predicted molar refractivity (Wildman–Crippen MR) is 43.4 cm³/mol. The van der Waals surface area contributed by atoms with E-state index in [0.717, 1.165) is 6.42 Å². The van der Waals surface area contributed by atoms with Gasteiger partial charge in [-0.15, -0.1) is 10.2 Å². The van der Waals surface area contributed by atoms with Gasteiger partial charge in [0.15, 0.2) is 5.82 Å². The molecule has 0 aliphatic heterocycles. The van der Waals surface area contributed by atoms with Crippen molar-refractivity contribution in [2.75, 3.05) is 0 Å². The summed E-state index contributed by atoms with van der Waals surface area (Å²) >= 11 is 0. The minimum Gasteiger partial charge on any atom is -0.393 e. The Morgan fingerprint density at radius 3 is 2.83 bits per heavy atom. The Balaban J connectivity index is 2.33. The molecule has 0 aromatic carbocycles. The summed E-state index contributed by atoms with van der Waals surface area (Å²) in [7, 11) is 1.73. The van der Waals surface area contributed by atoms with Crippen LogP contribution in [0.4, 0.5) is 0 Å². The number of nitrogens with zero attached hydrogens (tertiary/aromatic N) is 4. The van der Waals surface area contributed by atoms with Crippen molar-refractivity contribution >= 4 is 0 Å². The van der Waals surface area contributed by atoms with Crippen LogP contribution in [0.15, 0.2) is 0 Å². The molecule has 1 atom stereocenters. The van der Waals surface area contributed by atoms with Gasteiger partial charge in [0.2, 0.25) is 0 Å².